The highest BCUT2D eigenvalue weighted by Gasteiger charge is 2.21. The predicted octanol–water partition coefficient (Wildman–Crippen LogP) is 3.69. The average Bonchev–Trinajstić information content (AvgIpc) is 2.93. The normalized spacial score (nSPS) is 20.7. The van der Waals surface area contributed by atoms with Crippen molar-refractivity contribution in [3.05, 3.63) is 33.8 Å². The maximum atomic E-state index is 6.22. The monoisotopic (exact) mass is 356 g/mol. The molecule has 0 saturated carbocycles. The Hall–Kier alpha value is -0.970. The van der Waals surface area contributed by atoms with Gasteiger partial charge in [-0.1, -0.05) is 36.2 Å². The summed E-state index contributed by atoms with van der Waals surface area (Å²) in [6.45, 7) is 8.49. The molecule has 0 spiro atoms. The first-order valence-corrected chi connectivity index (χ1v) is 8.99. The van der Waals surface area contributed by atoms with Crippen molar-refractivity contribution in [2.45, 2.75) is 32.7 Å². The molecule has 0 aliphatic carbocycles. The molecule has 23 heavy (non-hydrogen) atoms. The van der Waals surface area contributed by atoms with Gasteiger partial charge in [-0.25, -0.2) is 0 Å². The van der Waals surface area contributed by atoms with Crippen LogP contribution in [0.4, 0.5) is 0 Å². The largest absolute Gasteiger partial charge is 0.370 e. The Bertz CT molecular complexity index is 547. The van der Waals surface area contributed by atoms with E-state index >= 15 is 0 Å². The van der Waals surface area contributed by atoms with Gasteiger partial charge in [0, 0.05) is 23.1 Å². The number of aliphatic imine (C=N–C) groups is 1. The van der Waals surface area contributed by atoms with E-state index in [1.807, 2.05) is 19.1 Å². The summed E-state index contributed by atoms with van der Waals surface area (Å²) in [4.78, 5) is 7.00. The summed E-state index contributed by atoms with van der Waals surface area (Å²) >= 11 is 12.2. The molecule has 1 saturated heterocycles. The molecule has 2 atom stereocenters. The van der Waals surface area contributed by atoms with Crippen LogP contribution >= 0.6 is 23.2 Å². The number of nitrogens with zero attached hydrogens (tertiary/aromatic N) is 2. The number of hydrogen-bond acceptors (Lipinski definition) is 2. The van der Waals surface area contributed by atoms with Gasteiger partial charge in [-0.3, -0.25) is 4.99 Å². The van der Waals surface area contributed by atoms with Crippen molar-refractivity contribution in [1.29, 1.82) is 0 Å². The lowest BCUT2D eigenvalue weighted by molar-refractivity contribution is 0.326. The zero-order valence-electron chi connectivity index (χ0n) is 13.9. The van der Waals surface area contributed by atoms with Crippen molar-refractivity contribution in [2.24, 2.45) is 16.6 Å². The number of halogens is 2. The standard InChI is InChI=1S/C17H26Cl2N4/c1-3-7-23-8-6-13(11-23)10-21-17(20)22-12(2)15-5-4-14(18)9-16(15)19/h4-5,9,12-13H,3,6-8,10-11H2,1-2H3,(H3,20,21,22). The molecule has 1 aromatic carbocycles. The maximum Gasteiger partial charge on any atom is 0.189 e. The second-order valence-corrected chi connectivity index (χ2v) is 7.06. The van der Waals surface area contributed by atoms with Crippen LogP contribution in [0.2, 0.25) is 10.0 Å². The molecule has 0 bridgehead atoms. The molecule has 0 aromatic heterocycles. The zero-order valence-corrected chi connectivity index (χ0v) is 15.4. The van der Waals surface area contributed by atoms with Crippen molar-refractivity contribution < 1.29 is 0 Å². The molecule has 0 amide bonds. The van der Waals surface area contributed by atoms with Gasteiger partial charge in [0.1, 0.15) is 0 Å². The van der Waals surface area contributed by atoms with E-state index in [-0.39, 0.29) is 6.04 Å². The third-order valence-corrected chi connectivity index (χ3v) is 4.79. The fourth-order valence-corrected chi connectivity index (χ4v) is 3.58. The van der Waals surface area contributed by atoms with Crippen molar-refractivity contribution in [3.63, 3.8) is 0 Å². The fraction of sp³-hybridized carbons (Fsp3) is 0.588. The Morgan fingerprint density at radius 2 is 2.26 bits per heavy atom. The summed E-state index contributed by atoms with van der Waals surface area (Å²) < 4.78 is 0. The lowest BCUT2D eigenvalue weighted by Gasteiger charge is -2.17. The van der Waals surface area contributed by atoms with Gasteiger partial charge in [0.05, 0.1) is 6.04 Å². The van der Waals surface area contributed by atoms with Crippen molar-refractivity contribution >= 4 is 29.2 Å². The minimum atomic E-state index is -0.0105. The number of nitrogens with two attached hydrogens (primary N) is 1. The Labute approximate surface area is 149 Å². The number of hydrogen-bond donors (Lipinski definition) is 2. The smallest absolute Gasteiger partial charge is 0.189 e. The number of benzene rings is 1. The first-order valence-electron chi connectivity index (χ1n) is 8.23. The molecule has 128 valence electrons. The van der Waals surface area contributed by atoms with Crippen molar-refractivity contribution in [3.8, 4) is 0 Å². The van der Waals surface area contributed by atoms with Crippen molar-refractivity contribution in [2.75, 3.05) is 26.2 Å². The van der Waals surface area contributed by atoms with E-state index in [1.54, 1.807) is 6.07 Å². The summed E-state index contributed by atoms with van der Waals surface area (Å²) in [6, 6.07) is 5.47. The summed E-state index contributed by atoms with van der Waals surface area (Å²) in [7, 11) is 0. The molecule has 1 aromatic rings. The Balaban J connectivity index is 1.84. The quantitative estimate of drug-likeness (QED) is 0.603. The van der Waals surface area contributed by atoms with Gasteiger partial charge in [0.2, 0.25) is 0 Å². The number of guanidine groups is 1. The second-order valence-electron chi connectivity index (χ2n) is 6.21. The molecule has 6 heteroatoms. The minimum absolute atomic E-state index is 0.0105. The van der Waals surface area contributed by atoms with Crippen LogP contribution in [0.25, 0.3) is 0 Å². The molecular weight excluding hydrogens is 331 g/mol. The van der Waals surface area contributed by atoms with E-state index in [4.69, 9.17) is 28.9 Å². The molecule has 1 aliphatic rings. The highest BCUT2D eigenvalue weighted by molar-refractivity contribution is 6.35. The molecule has 1 heterocycles. The molecule has 1 aliphatic heterocycles. The number of likely N-dealkylation sites (tertiary alicyclic amines) is 1. The van der Waals surface area contributed by atoms with Crippen LogP contribution < -0.4 is 11.1 Å². The molecular formula is C17H26Cl2N4. The van der Waals surface area contributed by atoms with Crippen LogP contribution in [0.5, 0.6) is 0 Å². The zero-order chi connectivity index (χ0) is 16.8. The molecule has 3 N–H and O–H groups in total. The predicted molar refractivity (Wildman–Crippen MR) is 99.3 cm³/mol. The summed E-state index contributed by atoms with van der Waals surface area (Å²) in [5, 5.41) is 4.47. The number of nitrogens with one attached hydrogen (secondary N) is 1. The molecule has 4 nitrogen and oxygen atoms in total. The van der Waals surface area contributed by atoms with Gasteiger partial charge in [0.15, 0.2) is 5.96 Å². The van der Waals surface area contributed by atoms with E-state index < -0.39 is 0 Å². The Kier molecular flexibility index (Phi) is 7.00. The molecule has 2 unspecified atom stereocenters. The van der Waals surface area contributed by atoms with Crippen LogP contribution in [-0.4, -0.2) is 37.0 Å². The fourth-order valence-electron chi connectivity index (χ4n) is 3.01. The van der Waals surface area contributed by atoms with E-state index in [0.29, 0.717) is 21.9 Å². The van der Waals surface area contributed by atoms with Gasteiger partial charge >= 0.3 is 0 Å². The summed E-state index contributed by atoms with van der Waals surface area (Å²) in [5.74, 6) is 1.08. The maximum absolute atomic E-state index is 6.22. The van der Waals surface area contributed by atoms with Gasteiger partial charge in [-0.15, -0.1) is 0 Å². The first kappa shape index (κ1) is 18.4. The topological polar surface area (TPSA) is 53.6 Å². The SMILES string of the molecule is CCCN1CCC(CN=C(N)NC(C)c2ccc(Cl)cc2Cl)C1. The van der Waals surface area contributed by atoms with Crippen LogP contribution in [-0.2, 0) is 0 Å². The first-order chi connectivity index (χ1) is 11.0. The van der Waals surface area contributed by atoms with Crippen LogP contribution in [0.3, 0.4) is 0 Å². The van der Waals surface area contributed by atoms with Gasteiger partial charge in [0.25, 0.3) is 0 Å². The van der Waals surface area contributed by atoms with E-state index in [9.17, 15) is 0 Å². The second kappa shape index (κ2) is 8.76. The van der Waals surface area contributed by atoms with Crippen molar-refractivity contribution in [1.82, 2.24) is 10.2 Å². The third kappa shape index (κ3) is 5.55. The number of rotatable bonds is 6. The summed E-state index contributed by atoms with van der Waals surface area (Å²) in [6.07, 6.45) is 2.41. The summed E-state index contributed by atoms with van der Waals surface area (Å²) in [5.41, 5.74) is 6.98. The highest BCUT2D eigenvalue weighted by Crippen LogP contribution is 2.26. The Morgan fingerprint density at radius 3 is 2.96 bits per heavy atom. The van der Waals surface area contributed by atoms with Crippen LogP contribution in [0.1, 0.15) is 38.3 Å². The van der Waals surface area contributed by atoms with Crippen LogP contribution in [0, 0.1) is 5.92 Å². The van der Waals surface area contributed by atoms with Gasteiger partial charge in [-0.05, 0) is 56.5 Å². The van der Waals surface area contributed by atoms with Gasteiger partial charge in [-0.2, -0.15) is 0 Å². The van der Waals surface area contributed by atoms with E-state index in [1.165, 1.54) is 25.9 Å². The molecule has 1 fully saturated rings. The molecule has 0 radical (unpaired) electrons. The van der Waals surface area contributed by atoms with E-state index in [2.05, 4.69) is 22.1 Å². The average molecular weight is 357 g/mol. The van der Waals surface area contributed by atoms with Gasteiger partial charge < -0.3 is 16.0 Å². The lowest BCUT2D eigenvalue weighted by atomic mass is 10.1. The Morgan fingerprint density at radius 1 is 1.48 bits per heavy atom. The highest BCUT2D eigenvalue weighted by atomic mass is 35.5. The van der Waals surface area contributed by atoms with E-state index in [0.717, 1.165) is 18.7 Å². The minimum Gasteiger partial charge on any atom is -0.370 e. The molecule has 2 rings (SSSR count). The lowest BCUT2D eigenvalue weighted by Crippen LogP contribution is -2.34. The third-order valence-electron chi connectivity index (χ3n) is 4.22. The van der Waals surface area contributed by atoms with Crippen LogP contribution in [0.15, 0.2) is 23.2 Å².